The highest BCUT2D eigenvalue weighted by Crippen LogP contribution is 2.27. The number of hydrogen-bond acceptors (Lipinski definition) is 4. The molecule has 0 atom stereocenters. The van der Waals surface area contributed by atoms with E-state index in [1.165, 1.54) is 31.9 Å². The summed E-state index contributed by atoms with van der Waals surface area (Å²) in [5.41, 5.74) is 5.92. The van der Waals surface area contributed by atoms with Gasteiger partial charge >= 0.3 is 5.97 Å². The van der Waals surface area contributed by atoms with Gasteiger partial charge in [-0.25, -0.2) is 9.78 Å². The minimum Gasteiger partial charge on any atom is -0.478 e. The largest absolute Gasteiger partial charge is 0.478 e. The van der Waals surface area contributed by atoms with Crippen LogP contribution in [0.25, 0.3) is 0 Å². The zero-order valence-electron chi connectivity index (χ0n) is 10.6. The summed E-state index contributed by atoms with van der Waals surface area (Å²) in [7, 11) is 1.95. The van der Waals surface area contributed by atoms with Crippen LogP contribution in [0.3, 0.4) is 0 Å². The first-order chi connectivity index (χ1) is 8.58. The lowest BCUT2D eigenvalue weighted by atomic mass is 10.1. The molecule has 0 aliphatic heterocycles. The van der Waals surface area contributed by atoms with Gasteiger partial charge in [-0.2, -0.15) is 0 Å². The molecule has 2 rings (SSSR count). The summed E-state index contributed by atoms with van der Waals surface area (Å²) in [4.78, 5) is 17.2. The van der Waals surface area contributed by atoms with E-state index in [1.54, 1.807) is 6.07 Å². The van der Waals surface area contributed by atoms with Gasteiger partial charge < -0.3 is 15.7 Å². The highest BCUT2D eigenvalue weighted by molar-refractivity contribution is 5.94. The zero-order valence-corrected chi connectivity index (χ0v) is 10.6. The minimum atomic E-state index is -1.01. The van der Waals surface area contributed by atoms with Crippen LogP contribution >= 0.6 is 0 Å². The normalized spacial score (nSPS) is 15.8. The van der Waals surface area contributed by atoms with Crippen molar-refractivity contribution in [3.63, 3.8) is 0 Å². The Bertz CT molecular complexity index is 442. The summed E-state index contributed by atoms with van der Waals surface area (Å²) in [5.74, 6) is 0.363. The lowest BCUT2D eigenvalue weighted by Crippen LogP contribution is -2.25. The van der Waals surface area contributed by atoms with Crippen LogP contribution in [0, 0.1) is 5.92 Å². The van der Waals surface area contributed by atoms with Gasteiger partial charge in [0.05, 0.1) is 17.4 Å². The highest BCUT2D eigenvalue weighted by atomic mass is 16.4. The first-order valence-corrected chi connectivity index (χ1v) is 6.28. The Morgan fingerprint density at radius 2 is 2.22 bits per heavy atom. The van der Waals surface area contributed by atoms with Crippen molar-refractivity contribution in [3.05, 3.63) is 17.8 Å². The molecule has 5 heteroatoms. The Morgan fingerprint density at radius 1 is 1.56 bits per heavy atom. The number of anilines is 2. The quantitative estimate of drug-likeness (QED) is 0.853. The third kappa shape index (κ3) is 2.72. The van der Waals surface area contributed by atoms with E-state index in [0.29, 0.717) is 11.7 Å². The second kappa shape index (κ2) is 5.25. The van der Waals surface area contributed by atoms with Crippen LogP contribution in [0.5, 0.6) is 0 Å². The molecule has 3 N–H and O–H groups in total. The van der Waals surface area contributed by atoms with Crippen molar-refractivity contribution >= 4 is 17.5 Å². The van der Waals surface area contributed by atoms with E-state index in [2.05, 4.69) is 4.98 Å². The lowest BCUT2D eigenvalue weighted by molar-refractivity contribution is 0.0698. The van der Waals surface area contributed by atoms with Crippen LogP contribution in [0.2, 0.25) is 0 Å². The second-order valence-electron chi connectivity index (χ2n) is 4.97. The predicted octanol–water partition coefficient (Wildman–Crippen LogP) is 1.99. The molecule has 0 unspecified atom stereocenters. The average molecular weight is 249 g/mol. The van der Waals surface area contributed by atoms with Crippen LogP contribution in [0.4, 0.5) is 11.5 Å². The fourth-order valence-electron chi connectivity index (χ4n) is 2.52. The van der Waals surface area contributed by atoms with Gasteiger partial charge in [0, 0.05) is 13.6 Å². The first-order valence-electron chi connectivity index (χ1n) is 6.28. The molecule has 1 aromatic heterocycles. The fraction of sp³-hybridized carbons (Fsp3) is 0.538. The monoisotopic (exact) mass is 249 g/mol. The summed E-state index contributed by atoms with van der Waals surface area (Å²) in [6, 6.07) is 1.55. The van der Waals surface area contributed by atoms with Crippen LogP contribution in [0.1, 0.15) is 36.0 Å². The molecule has 1 fully saturated rings. The number of carboxylic acids is 1. The molecule has 98 valence electrons. The van der Waals surface area contributed by atoms with E-state index in [0.717, 1.165) is 6.54 Å². The number of aromatic carboxylic acids is 1. The molecule has 1 aromatic rings. The molecule has 0 saturated heterocycles. The van der Waals surface area contributed by atoms with Gasteiger partial charge in [0.1, 0.15) is 5.82 Å². The molecule has 0 bridgehead atoms. The van der Waals surface area contributed by atoms with Gasteiger partial charge in [0.25, 0.3) is 0 Å². The van der Waals surface area contributed by atoms with E-state index in [1.807, 2.05) is 11.9 Å². The molecule has 0 amide bonds. The van der Waals surface area contributed by atoms with Crippen molar-refractivity contribution in [1.29, 1.82) is 0 Å². The SMILES string of the molecule is CN(CC1CCCC1)c1cc(C(=O)O)c(N)cn1. The van der Waals surface area contributed by atoms with Crippen LogP contribution < -0.4 is 10.6 Å². The van der Waals surface area contributed by atoms with Gasteiger partial charge in [-0.05, 0) is 24.8 Å². The molecule has 1 aliphatic rings. The summed E-state index contributed by atoms with van der Waals surface area (Å²) in [5, 5.41) is 9.03. The van der Waals surface area contributed by atoms with E-state index in [9.17, 15) is 4.79 Å². The highest BCUT2D eigenvalue weighted by Gasteiger charge is 2.18. The smallest absolute Gasteiger partial charge is 0.337 e. The van der Waals surface area contributed by atoms with Crippen molar-refractivity contribution in [1.82, 2.24) is 4.98 Å². The predicted molar refractivity (Wildman–Crippen MR) is 70.8 cm³/mol. The van der Waals surface area contributed by atoms with Gasteiger partial charge in [0.2, 0.25) is 0 Å². The summed E-state index contributed by atoms with van der Waals surface area (Å²) < 4.78 is 0. The number of pyridine rings is 1. The Morgan fingerprint density at radius 3 is 2.83 bits per heavy atom. The number of aromatic nitrogens is 1. The summed E-state index contributed by atoms with van der Waals surface area (Å²) in [6.45, 7) is 0.927. The third-order valence-electron chi connectivity index (χ3n) is 3.55. The number of nitrogens with zero attached hydrogens (tertiary/aromatic N) is 2. The number of carbonyl (C=O) groups is 1. The maximum Gasteiger partial charge on any atom is 0.337 e. The topological polar surface area (TPSA) is 79.5 Å². The third-order valence-corrected chi connectivity index (χ3v) is 3.55. The number of nitrogen functional groups attached to an aromatic ring is 1. The van der Waals surface area contributed by atoms with Gasteiger partial charge in [-0.1, -0.05) is 12.8 Å². The maximum atomic E-state index is 11.0. The van der Waals surface area contributed by atoms with E-state index in [-0.39, 0.29) is 11.3 Å². The second-order valence-corrected chi connectivity index (χ2v) is 4.97. The van der Waals surface area contributed by atoms with Crippen LogP contribution in [-0.2, 0) is 0 Å². The molecule has 18 heavy (non-hydrogen) atoms. The number of carboxylic acid groups (broad SMARTS) is 1. The number of nitrogens with two attached hydrogens (primary N) is 1. The molecule has 5 nitrogen and oxygen atoms in total. The molecule has 1 saturated carbocycles. The van der Waals surface area contributed by atoms with E-state index < -0.39 is 5.97 Å². The van der Waals surface area contributed by atoms with Crippen molar-refractivity contribution in [2.45, 2.75) is 25.7 Å². The molecule has 0 aromatic carbocycles. The zero-order chi connectivity index (χ0) is 13.1. The Labute approximate surface area is 107 Å². The van der Waals surface area contributed by atoms with Crippen molar-refractivity contribution in [2.24, 2.45) is 5.92 Å². The molecular formula is C13H19N3O2. The number of rotatable bonds is 4. The summed E-state index contributed by atoms with van der Waals surface area (Å²) in [6.07, 6.45) is 6.53. The van der Waals surface area contributed by atoms with Crippen molar-refractivity contribution < 1.29 is 9.90 Å². The van der Waals surface area contributed by atoms with E-state index >= 15 is 0 Å². The van der Waals surface area contributed by atoms with Crippen LogP contribution in [0.15, 0.2) is 12.3 Å². The lowest BCUT2D eigenvalue weighted by Gasteiger charge is -2.22. The average Bonchev–Trinajstić information content (AvgIpc) is 2.81. The minimum absolute atomic E-state index is 0.123. The molecule has 1 aliphatic carbocycles. The van der Waals surface area contributed by atoms with Crippen LogP contribution in [-0.4, -0.2) is 29.7 Å². The molecule has 0 spiro atoms. The Hall–Kier alpha value is -1.78. The van der Waals surface area contributed by atoms with E-state index in [4.69, 9.17) is 10.8 Å². The molecule has 0 radical (unpaired) electrons. The molecular weight excluding hydrogens is 230 g/mol. The summed E-state index contributed by atoms with van der Waals surface area (Å²) >= 11 is 0. The standard InChI is InChI=1S/C13H19N3O2/c1-16(8-9-4-2-3-5-9)12-6-10(13(17)18)11(14)7-15-12/h6-7,9H,2-5,8,14H2,1H3,(H,17,18). The van der Waals surface area contributed by atoms with Gasteiger partial charge in [-0.15, -0.1) is 0 Å². The Balaban J connectivity index is 2.11. The Kier molecular flexibility index (Phi) is 3.69. The molecule has 1 heterocycles. The van der Waals surface area contributed by atoms with Gasteiger partial charge in [0.15, 0.2) is 0 Å². The number of hydrogen-bond donors (Lipinski definition) is 2. The van der Waals surface area contributed by atoms with Crippen molar-refractivity contribution in [3.8, 4) is 0 Å². The maximum absolute atomic E-state index is 11.0. The fourth-order valence-corrected chi connectivity index (χ4v) is 2.52. The first kappa shape index (κ1) is 12.7. The van der Waals surface area contributed by atoms with Gasteiger partial charge in [-0.3, -0.25) is 0 Å². The van der Waals surface area contributed by atoms with Crippen molar-refractivity contribution in [2.75, 3.05) is 24.2 Å².